The van der Waals surface area contributed by atoms with Gasteiger partial charge in [-0.3, -0.25) is 0 Å². The Morgan fingerprint density at radius 3 is 2.71 bits per heavy atom. The Hall–Kier alpha value is -1.29. The van der Waals surface area contributed by atoms with Crippen LogP contribution in [0.4, 0.5) is 5.82 Å². The van der Waals surface area contributed by atoms with Crippen molar-refractivity contribution in [2.24, 2.45) is 5.92 Å². The average Bonchev–Trinajstić information content (AvgIpc) is 2.60. The van der Waals surface area contributed by atoms with Crippen molar-refractivity contribution in [2.45, 2.75) is 20.3 Å². The number of nitrogen functional groups attached to an aromatic ring is 1. The third kappa shape index (κ3) is 2.52. The highest BCUT2D eigenvalue weighted by Gasteiger charge is 2.18. The summed E-state index contributed by atoms with van der Waals surface area (Å²) < 4.78 is 6.32. The first-order valence-corrected chi connectivity index (χ1v) is 6.37. The fraction of sp³-hybridized carbons (Fsp3) is 0.308. The van der Waals surface area contributed by atoms with Gasteiger partial charge in [0, 0.05) is 16.5 Å². The van der Waals surface area contributed by atoms with Crippen LogP contribution in [0.3, 0.4) is 0 Å². The van der Waals surface area contributed by atoms with Crippen LogP contribution in [0.1, 0.15) is 19.6 Å². The standard InChI is InChI=1S/C13H15BrN2O/c1-8(2)7-11-12(13(15)16-17-11)9-5-3-4-6-10(9)14/h3-6,8H,7H2,1-2H3,(H2,15,16). The van der Waals surface area contributed by atoms with Crippen molar-refractivity contribution in [2.75, 3.05) is 5.73 Å². The van der Waals surface area contributed by atoms with Gasteiger partial charge in [0.1, 0.15) is 5.76 Å². The van der Waals surface area contributed by atoms with Gasteiger partial charge in [-0.1, -0.05) is 53.1 Å². The average molecular weight is 295 g/mol. The second kappa shape index (κ2) is 4.92. The van der Waals surface area contributed by atoms with Gasteiger partial charge in [-0.2, -0.15) is 0 Å². The third-order valence-electron chi connectivity index (χ3n) is 2.53. The van der Waals surface area contributed by atoms with Gasteiger partial charge in [-0.15, -0.1) is 0 Å². The molecule has 0 spiro atoms. The summed E-state index contributed by atoms with van der Waals surface area (Å²) in [6.07, 6.45) is 0.834. The molecule has 0 amide bonds. The van der Waals surface area contributed by atoms with Gasteiger partial charge in [0.2, 0.25) is 0 Å². The van der Waals surface area contributed by atoms with Crippen molar-refractivity contribution in [3.05, 3.63) is 34.5 Å². The number of nitrogens with two attached hydrogens (primary N) is 1. The van der Waals surface area contributed by atoms with Crippen molar-refractivity contribution < 1.29 is 4.52 Å². The molecule has 0 atom stereocenters. The quantitative estimate of drug-likeness (QED) is 0.934. The Morgan fingerprint density at radius 2 is 2.06 bits per heavy atom. The molecule has 0 fully saturated rings. The molecular formula is C13H15BrN2O. The van der Waals surface area contributed by atoms with Crippen molar-refractivity contribution >= 4 is 21.7 Å². The number of hydrogen-bond acceptors (Lipinski definition) is 3. The van der Waals surface area contributed by atoms with E-state index in [1.165, 1.54) is 0 Å². The maximum atomic E-state index is 5.89. The highest BCUT2D eigenvalue weighted by Crippen LogP contribution is 2.35. The fourth-order valence-electron chi connectivity index (χ4n) is 1.80. The fourth-order valence-corrected chi connectivity index (χ4v) is 2.28. The summed E-state index contributed by atoms with van der Waals surface area (Å²) in [5, 5.41) is 3.87. The summed E-state index contributed by atoms with van der Waals surface area (Å²) in [6.45, 7) is 4.28. The summed E-state index contributed by atoms with van der Waals surface area (Å²) >= 11 is 3.53. The van der Waals surface area contributed by atoms with E-state index in [0.29, 0.717) is 11.7 Å². The number of halogens is 1. The largest absolute Gasteiger partial charge is 0.380 e. The van der Waals surface area contributed by atoms with Crippen LogP contribution in [-0.4, -0.2) is 5.16 Å². The molecule has 0 unspecified atom stereocenters. The van der Waals surface area contributed by atoms with E-state index in [-0.39, 0.29) is 0 Å². The van der Waals surface area contributed by atoms with Crippen LogP contribution < -0.4 is 5.73 Å². The number of rotatable bonds is 3. The summed E-state index contributed by atoms with van der Waals surface area (Å²) in [5.41, 5.74) is 7.83. The minimum absolute atomic E-state index is 0.451. The molecule has 4 heteroatoms. The Morgan fingerprint density at radius 1 is 1.35 bits per heavy atom. The molecule has 2 aromatic rings. The lowest BCUT2D eigenvalue weighted by Gasteiger charge is -2.06. The minimum atomic E-state index is 0.451. The second-order valence-electron chi connectivity index (χ2n) is 4.44. The zero-order valence-electron chi connectivity index (χ0n) is 9.90. The SMILES string of the molecule is CC(C)Cc1onc(N)c1-c1ccccc1Br. The lowest BCUT2D eigenvalue weighted by molar-refractivity contribution is 0.372. The zero-order chi connectivity index (χ0) is 12.4. The lowest BCUT2D eigenvalue weighted by atomic mass is 10.0. The summed E-state index contributed by atoms with van der Waals surface area (Å²) in [7, 11) is 0. The molecule has 1 heterocycles. The number of aromatic nitrogens is 1. The Balaban J connectivity index is 2.51. The number of benzene rings is 1. The van der Waals surface area contributed by atoms with Gasteiger partial charge in [0.15, 0.2) is 5.82 Å². The minimum Gasteiger partial charge on any atom is -0.380 e. The maximum absolute atomic E-state index is 5.89. The third-order valence-corrected chi connectivity index (χ3v) is 3.22. The van der Waals surface area contributed by atoms with E-state index in [9.17, 15) is 0 Å². The lowest BCUT2D eigenvalue weighted by Crippen LogP contribution is -1.96. The van der Waals surface area contributed by atoms with E-state index in [2.05, 4.69) is 34.9 Å². The Kier molecular flexibility index (Phi) is 3.52. The van der Waals surface area contributed by atoms with Crippen molar-refractivity contribution in [1.29, 1.82) is 0 Å². The summed E-state index contributed by atoms with van der Waals surface area (Å²) in [5.74, 6) is 1.81. The Labute approximate surface area is 109 Å². The molecule has 2 rings (SSSR count). The number of nitrogens with zero attached hydrogens (tertiary/aromatic N) is 1. The van der Waals surface area contributed by atoms with E-state index in [1.54, 1.807) is 0 Å². The van der Waals surface area contributed by atoms with Crippen LogP contribution >= 0.6 is 15.9 Å². The molecule has 17 heavy (non-hydrogen) atoms. The van der Waals surface area contributed by atoms with Crippen molar-refractivity contribution in [3.8, 4) is 11.1 Å². The van der Waals surface area contributed by atoms with Crippen LogP contribution in [-0.2, 0) is 6.42 Å². The number of anilines is 1. The summed E-state index contributed by atoms with van der Waals surface area (Å²) in [4.78, 5) is 0. The topological polar surface area (TPSA) is 52.0 Å². The molecular weight excluding hydrogens is 280 g/mol. The predicted octanol–water partition coefficient (Wildman–Crippen LogP) is 3.88. The van der Waals surface area contributed by atoms with E-state index in [1.807, 2.05) is 24.3 Å². The van der Waals surface area contributed by atoms with Gasteiger partial charge in [0.05, 0.1) is 5.56 Å². The first kappa shape index (κ1) is 12.2. The van der Waals surface area contributed by atoms with Gasteiger partial charge < -0.3 is 10.3 Å². The van der Waals surface area contributed by atoms with Crippen LogP contribution in [0.2, 0.25) is 0 Å². The van der Waals surface area contributed by atoms with Crippen molar-refractivity contribution in [1.82, 2.24) is 5.16 Å². The molecule has 3 nitrogen and oxygen atoms in total. The normalized spacial score (nSPS) is 11.1. The van der Waals surface area contributed by atoms with Crippen LogP contribution in [0.25, 0.3) is 11.1 Å². The van der Waals surface area contributed by atoms with Crippen LogP contribution in [0, 0.1) is 5.92 Å². The second-order valence-corrected chi connectivity index (χ2v) is 5.30. The predicted molar refractivity (Wildman–Crippen MR) is 72.6 cm³/mol. The highest BCUT2D eigenvalue weighted by atomic mass is 79.9. The molecule has 1 aromatic heterocycles. The smallest absolute Gasteiger partial charge is 0.175 e. The first-order chi connectivity index (χ1) is 8.09. The molecule has 0 radical (unpaired) electrons. The molecule has 0 aliphatic heterocycles. The molecule has 2 N–H and O–H groups in total. The molecule has 0 aliphatic carbocycles. The van der Waals surface area contributed by atoms with Crippen LogP contribution in [0.5, 0.6) is 0 Å². The molecule has 0 bridgehead atoms. The molecule has 0 saturated heterocycles. The van der Waals surface area contributed by atoms with Crippen molar-refractivity contribution in [3.63, 3.8) is 0 Å². The molecule has 1 aromatic carbocycles. The molecule has 90 valence electrons. The first-order valence-electron chi connectivity index (χ1n) is 5.58. The zero-order valence-corrected chi connectivity index (χ0v) is 11.5. The van der Waals surface area contributed by atoms with Gasteiger partial charge in [0.25, 0.3) is 0 Å². The molecule has 0 aliphatic rings. The van der Waals surface area contributed by atoms with E-state index < -0.39 is 0 Å². The van der Waals surface area contributed by atoms with Crippen LogP contribution in [0.15, 0.2) is 33.3 Å². The van der Waals surface area contributed by atoms with Gasteiger partial charge in [-0.25, -0.2) is 0 Å². The monoisotopic (exact) mass is 294 g/mol. The Bertz CT molecular complexity index is 520. The number of hydrogen-bond donors (Lipinski definition) is 1. The highest BCUT2D eigenvalue weighted by molar-refractivity contribution is 9.10. The van der Waals surface area contributed by atoms with E-state index in [0.717, 1.165) is 27.8 Å². The van der Waals surface area contributed by atoms with Gasteiger partial charge in [-0.05, 0) is 12.0 Å². The summed E-state index contributed by atoms with van der Waals surface area (Å²) in [6, 6.07) is 7.95. The van der Waals surface area contributed by atoms with Gasteiger partial charge >= 0.3 is 0 Å². The molecule has 0 saturated carbocycles. The van der Waals surface area contributed by atoms with E-state index in [4.69, 9.17) is 10.3 Å². The maximum Gasteiger partial charge on any atom is 0.175 e. The van der Waals surface area contributed by atoms with E-state index >= 15 is 0 Å².